The second-order valence-corrected chi connectivity index (χ2v) is 5.27. The van der Waals surface area contributed by atoms with E-state index in [2.05, 4.69) is 0 Å². The molecule has 2 rings (SSSR count). The fraction of sp³-hybridized carbons (Fsp3) is 0.375. The zero-order chi connectivity index (χ0) is 12.1. The molecule has 0 atom stereocenters. The van der Waals surface area contributed by atoms with Crippen LogP contribution < -0.4 is 5.73 Å². The first kappa shape index (κ1) is 11.4. The van der Waals surface area contributed by atoms with Crippen LogP contribution >= 0.6 is 11.6 Å². The second kappa shape index (κ2) is 3.47. The highest BCUT2D eigenvalue weighted by Crippen LogP contribution is 2.35. The summed E-state index contributed by atoms with van der Waals surface area (Å²) in [5.74, 6) is -0.803. The van der Waals surface area contributed by atoms with Crippen LogP contribution in [-0.4, -0.2) is 23.4 Å². The number of hydrogen-bond donors (Lipinski definition) is 2. The van der Waals surface area contributed by atoms with E-state index in [0.717, 1.165) is 0 Å². The van der Waals surface area contributed by atoms with Crippen LogP contribution in [0.2, 0.25) is 5.02 Å². The van der Waals surface area contributed by atoms with Gasteiger partial charge < -0.3 is 10.3 Å². The smallest absolute Gasteiger partial charge is 0.297 e. The number of primary amides is 1. The van der Waals surface area contributed by atoms with E-state index >= 15 is 0 Å². The quantitative estimate of drug-likeness (QED) is 0.756. The van der Waals surface area contributed by atoms with Gasteiger partial charge in [0.25, 0.3) is 16.0 Å². The third-order valence-electron chi connectivity index (χ3n) is 2.55. The van der Waals surface area contributed by atoms with Gasteiger partial charge in [0.15, 0.2) is 0 Å². The molecule has 1 aliphatic rings. The monoisotopic (exact) mass is 264 g/mol. The summed E-state index contributed by atoms with van der Waals surface area (Å²) in [4.78, 5) is 10.8. The molecule has 0 saturated heterocycles. The normalized spacial score (nSPS) is 15.1. The number of halogens is 1. The van der Waals surface area contributed by atoms with Gasteiger partial charge in [-0.1, -0.05) is 11.6 Å². The number of fused-ring (bicyclic) bond motifs is 1. The van der Waals surface area contributed by atoms with Crippen molar-refractivity contribution in [1.82, 2.24) is 4.57 Å². The number of hydrogen-bond acceptors (Lipinski definition) is 3. The molecule has 1 aliphatic heterocycles. The minimum absolute atomic E-state index is 0.0539. The van der Waals surface area contributed by atoms with Crippen LogP contribution in [0.3, 0.4) is 0 Å². The Bertz CT molecular complexity index is 575. The van der Waals surface area contributed by atoms with Crippen molar-refractivity contribution < 1.29 is 17.8 Å². The molecule has 2 heterocycles. The average Bonchev–Trinajstić information content (AvgIpc) is 2.58. The van der Waals surface area contributed by atoms with E-state index in [-0.39, 0.29) is 15.6 Å². The van der Waals surface area contributed by atoms with Crippen molar-refractivity contribution in [2.45, 2.75) is 24.3 Å². The van der Waals surface area contributed by atoms with Gasteiger partial charge in [0, 0.05) is 12.2 Å². The lowest BCUT2D eigenvalue weighted by molar-refractivity contribution is 0.0992. The van der Waals surface area contributed by atoms with Crippen molar-refractivity contribution in [3.05, 3.63) is 16.4 Å². The van der Waals surface area contributed by atoms with Crippen LogP contribution in [-0.2, 0) is 23.1 Å². The molecule has 0 spiro atoms. The van der Waals surface area contributed by atoms with Gasteiger partial charge in [-0.25, -0.2) is 0 Å². The summed E-state index contributed by atoms with van der Waals surface area (Å²) >= 11 is 5.77. The molecule has 1 aromatic rings. The molecule has 3 N–H and O–H groups in total. The van der Waals surface area contributed by atoms with Crippen LogP contribution in [0.15, 0.2) is 4.90 Å². The molecule has 88 valence electrons. The predicted octanol–water partition coefficient (Wildman–Crippen LogP) is 0.433. The largest absolute Gasteiger partial charge is 0.364 e. The van der Waals surface area contributed by atoms with Crippen LogP contribution in [0.25, 0.3) is 0 Å². The summed E-state index contributed by atoms with van der Waals surface area (Å²) in [5.41, 5.74) is 5.42. The Morgan fingerprint density at radius 1 is 1.50 bits per heavy atom. The Labute approximate surface area is 96.7 Å². The van der Waals surface area contributed by atoms with E-state index in [4.69, 9.17) is 21.9 Å². The Morgan fingerprint density at radius 3 is 2.62 bits per heavy atom. The van der Waals surface area contributed by atoms with Crippen LogP contribution in [0.1, 0.15) is 22.6 Å². The van der Waals surface area contributed by atoms with E-state index in [1.54, 1.807) is 0 Å². The summed E-state index contributed by atoms with van der Waals surface area (Å²) in [6, 6.07) is 0. The van der Waals surface area contributed by atoms with E-state index in [0.29, 0.717) is 25.1 Å². The molecule has 1 amide bonds. The van der Waals surface area contributed by atoms with Crippen molar-refractivity contribution in [3.63, 3.8) is 0 Å². The van der Waals surface area contributed by atoms with E-state index < -0.39 is 16.0 Å². The fourth-order valence-corrected chi connectivity index (χ4v) is 3.44. The summed E-state index contributed by atoms with van der Waals surface area (Å²) < 4.78 is 32.8. The number of carbonyl (C=O) groups excluding carboxylic acids is 1. The summed E-state index contributed by atoms with van der Waals surface area (Å²) in [6.45, 7) is 0.475. The third kappa shape index (κ3) is 1.51. The molecule has 0 saturated carbocycles. The molecule has 0 radical (unpaired) electrons. The zero-order valence-electron chi connectivity index (χ0n) is 8.10. The lowest BCUT2D eigenvalue weighted by atomic mass is 10.3. The predicted molar refractivity (Wildman–Crippen MR) is 56.1 cm³/mol. The lowest BCUT2D eigenvalue weighted by Gasteiger charge is -2.00. The number of nitrogens with two attached hydrogens (primary N) is 1. The number of amides is 1. The molecule has 1 aromatic heterocycles. The van der Waals surface area contributed by atoms with Crippen molar-refractivity contribution >= 4 is 27.6 Å². The molecule has 16 heavy (non-hydrogen) atoms. The minimum atomic E-state index is -4.43. The topological polar surface area (TPSA) is 102 Å². The first-order valence-electron chi connectivity index (χ1n) is 4.52. The number of rotatable bonds is 2. The van der Waals surface area contributed by atoms with Crippen molar-refractivity contribution in [2.75, 3.05) is 0 Å². The van der Waals surface area contributed by atoms with Gasteiger partial charge >= 0.3 is 0 Å². The van der Waals surface area contributed by atoms with Crippen molar-refractivity contribution in [2.24, 2.45) is 5.73 Å². The lowest BCUT2D eigenvalue weighted by Crippen LogP contribution is -2.16. The highest BCUT2D eigenvalue weighted by molar-refractivity contribution is 7.86. The van der Waals surface area contributed by atoms with E-state index in [1.807, 2.05) is 0 Å². The maximum atomic E-state index is 11.2. The van der Waals surface area contributed by atoms with Gasteiger partial charge in [0.05, 0.1) is 5.02 Å². The molecule has 0 unspecified atom stereocenters. The molecular weight excluding hydrogens is 256 g/mol. The molecule has 8 heteroatoms. The molecular formula is C8H9ClN2O4S. The number of carbonyl (C=O) groups is 1. The summed E-state index contributed by atoms with van der Waals surface area (Å²) in [5, 5.41) is -0.287. The van der Waals surface area contributed by atoms with Crippen LogP contribution in [0, 0.1) is 0 Å². The SMILES string of the molecule is NC(=O)c1c(Cl)c(S(=O)(=O)O)c2n1CCC2. The number of aromatic nitrogens is 1. The standard InChI is InChI=1S/C8H9ClN2O4S/c9-5-6(8(10)12)11-3-1-2-4(11)7(5)16(13,14)15/h1-3H2,(H2,10,12)(H,13,14,15). The van der Waals surface area contributed by atoms with E-state index in [1.165, 1.54) is 4.57 Å². The maximum absolute atomic E-state index is 11.2. The Kier molecular flexibility index (Phi) is 2.48. The fourth-order valence-electron chi connectivity index (χ4n) is 2.01. The average molecular weight is 265 g/mol. The van der Waals surface area contributed by atoms with Crippen LogP contribution in [0.5, 0.6) is 0 Å². The molecule has 0 bridgehead atoms. The highest BCUT2D eigenvalue weighted by Gasteiger charge is 2.33. The first-order valence-corrected chi connectivity index (χ1v) is 6.34. The molecule has 6 nitrogen and oxygen atoms in total. The van der Waals surface area contributed by atoms with Gasteiger partial charge in [-0.05, 0) is 12.8 Å². The summed E-state index contributed by atoms with van der Waals surface area (Å²) in [7, 11) is -4.43. The van der Waals surface area contributed by atoms with Crippen molar-refractivity contribution in [1.29, 1.82) is 0 Å². The Morgan fingerprint density at radius 2 is 2.12 bits per heavy atom. The molecule has 0 fully saturated rings. The Balaban J connectivity index is 2.83. The highest BCUT2D eigenvalue weighted by atomic mass is 35.5. The molecule has 0 aliphatic carbocycles. The van der Waals surface area contributed by atoms with Gasteiger partial charge in [0.1, 0.15) is 10.6 Å². The second-order valence-electron chi connectivity index (χ2n) is 3.53. The Hall–Kier alpha value is -1.05. The van der Waals surface area contributed by atoms with Gasteiger partial charge in [-0.15, -0.1) is 0 Å². The van der Waals surface area contributed by atoms with Gasteiger partial charge in [-0.3, -0.25) is 9.35 Å². The summed E-state index contributed by atoms with van der Waals surface area (Å²) in [6.07, 6.45) is 1.14. The maximum Gasteiger partial charge on any atom is 0.297 e. The van der Waals surface area contributed by atoms with Crippen LogP contribution in [0.4, 0.5) is 0 Å². The zero-order valence-corrected chi connectivity index (χ0v) is 9.68. The molecule has 0 aromatic carbocycles. The van der Waals surface area contributed by atoms with Gasteiger partial charge in [0.2, 0.25) is 0 Å². The van der Waals surface area contributed by atoms with E-state index in [9.17, 15) is 13.2 Å². The minimum Gasteiger partial charge on any atom is -0.364 e. The van der Waals surface area contributed by atoms with Gasteiger partial charge in [-0.2, -0.15) is 8.42 Å². The number of nitrogens with zero attached hydrogens (tertiary/aromatic N) is 1. The van der Waals surface area contributed by atoms with Crippen molar-refractivity contribution in [3.8, 4) is 0 Å². The first-order chi connectivity index (χ1) is 7.34. The third-order valence-corrected chi connectivity index (χ3v) is 3.99.